The van der Waals surface area contributed by atoms with Crippen LogP contribution in [-0.2, 0) is 24.4 Å². The van der Waals surface area contributed by atoms with Crippen molar-refractivity contribution < 1.29 is 9.59 Å². The maximum absolute atomic E-state index is 13.3. The molecule has 4 aromatic rings. The lowest BCUT2D eigenvalue weighted by Crippen LogP contribution is -2.40. The predicted molar refractivity (Wildman–Crippen MR) is 126 cm³/mol. The van der Waals surface area contributed by atoms with Gasteiger partial charge in [0, 0.05) is 24.8 Å². The summed E-state index contributed by atoms with van der Waals surface area (Å²) < 4.78 is 0. The summed E-state index contributed by atoms with van der Waals surface area (Å²) in [5.41, 5.74) is 5.81. The van der Waals surface area contributed by atoms with E-state index in [0.717, 1.165) is 27.9 Å². The molecule has 0 radical (unpaired) electrons. The number of hydrogen-bond donors (Lipinski definition) is 1. The van der Waals surface area contributed by atoms with E-state index in [-0.39, 0.29) is 18.4 Å². The van der Waals surface area contributed by atoms with Crippen molar-refractivity contribution in [3.8, 4) is 11.1 Å². The summed E-state index contributed by atoms with van der Waals surface area (Å²) in [6.45, 7) is 1.35. The van der Waals surface area contributed by atoms with Crippen molar-refractivity contribution in [1.29, 1.82) is 0 Å². The number of carbonyl (C=O) groups excluding carboxylic acids is 2. The van der Waals surface area contributed by atoms with Crippen molar-refractivity contribution in [2.45, 2.75) is 19.6 Å². The molecule has 0 saturated carbocycles. The van der Waals surface area contributed by atoms with Crippen LogP contribution in [0.4, 0.5) is 0 Å². The van der Waals surface area contributed by atoms with Crippen LogP contribution in [0.1, 0.15) is 27.2 Å². The SMILES string of the molecule is O=C(CN1Cc2ccccc2C1=O)N(Cc1ccc(-c2ccccc2)cc1)Cc1cnc[nH]1. The Balaban J connectivity index is 1.32. The van der Waals surface area contributed by atoms with Gasteiger partial charge in [0.2, 0.25) is 5.91 Å². The summed E-state index contributed by atoms with van der Waals surface area (Å²) in [6.07, 6.45) is 3.32. The number of amides is 2. The lowest BCUT2D eigenvalue weighted by molar-refractivity contribution is -0.133. The molecule has 164 valence electrons. The predicted octanol–water partition coefficient (Wildman–Crippen LogP) is 4.26. The van der Waals surface area contributed by atoms with Gasteiger partial charge in [0.1, 0.15) is 6.54 Å². The maximum Gasteiger partial charge on any atom is 0.254 e. The van der Waals surface area contributed by atoms with E-state index in [1.807, 2.05) is 54.6 Å². The smallest absolute Gasteiger partial charge is 0.254 e. The van der Waals surface area contributed by atoms with Crippen molar-refractivity contribution in [2.75, 3.05) is 6.54 Å². The van der Waals surface area contributed by atoms with Crippen molar-refractivity contribution in [2.24, 2.45) is 0 Å². The fourth-order valence-electron chi connectivity index (χ4n) is 4.17. The van der Waals surface area contributed by atoms with Crippen molar-refractivity contribution in [1.82, 2.24) is 19.8 Å². The molecule has 0 spiro atoms. The summed E-state index contributed by atoms with van der Waals surface area (Å²) >= 11 is 0. The number of nitrogens with one attached hydrogen (secondary N) is 1. The quantitative estimate of drug-likeness (QED) is 0.471. The van der Waals surface area contributed by atoms with Crippen LogP contribution in [0, 0.1) is 0 Å². The minimum Gasteiger partial charge on any atom is -0.347 e. The largest absolute Gasteiger partial charge is 0.347 e. The summed E-state index contributed by atoms with van der Waals surface area (Å²) in [6, 6.07) is 26.0. The second-order valence-corrected chi connectivity index (χ2v) is 8.21. The molecule has 5 rings (SSSR count). The summed E-state index contributed by atoms with van der Waals surface area (Å²) in [5.74, 6) is -0.189. The highest BCUT2D eigenvalue weighted by atomic mass is 16.2. The van der Waals surface area contributed by atoms with Gasteiger partial charge in [-0.25, -0.2) is 4.98 Å². The molecule has 1 aliphatic heterocycles. The molecule has 0 bridgehead atoms. The number of H-pyrrole nitrogens is 1. The first kappa shape index (κ1) is 20.7. The van der Waals surface area contributed by atoms with Gasteiger partial charge in [-0.1, -0.05) is 72.8 Å². The molecular weight excluding hydrogens is 412 g/mol. The van der Waals surface area contributed by atoms with Gasteiger partial charge < -0.3 is 14.8 Å². The molecule has 0 aliphatic carbocycles. The first-order chi connectivity index (χ1) is 16.2. The van der Waals surface area contributed by atoms with Crippen molar-refractivity contribution in [3.05, 3.63) is 114 Å². The number of aromatic nitrogens is 2. The topological polar surface area (TPSA) is 69.3 Å². The minimum absolute atomic E-state index is 0.0454. The number of rotatable bonds is 7. The van der Waals surface area contributed by atoms with Gasteiger partial charge in [-0.3, -0.25) is 9.59 Å². The third kappa shape index (κ3) is 4.55. The lowest BCUT2D eigenvalue weighted by Gasteiger charge is -2.25. The summed E-state index contributed by atoms with van der Waals surface area (Å²) in [4.78, 5) is 36.6. The molecule has 1 aromatic heterocycles. The van der Waals surface area contributed by atoms with Gasteiger partial charge in [0.05, 0.1) is 18.6 Å². The van der Waals surface area contributed by atoms with E-state index >= 15 is 0 Å². The van der Waals surface area contributed by atoms with Gasteiger partial charge in [0.15, 0.2) is 0 Å². The van der Waals surface area contributed by atoms with Gasteiger partial charge in [-0.05, 0) is 28.3 Å². The third-order valence-electron chi connectivity index (χ3n) is 5.93. The van der Waals surface area contributed by atoms with Crippen LogP contribution in [0.25, 0.3) is 11.1 Å². The Morgan fingerprint density at radius 2 is 1.64 bits per heavy atom. The first-order valence-electron chi connectivity index (χ1n) is 10.9. The standard InChI is InChI=1S/C27H24N4O2/c32-26(18-31-16-23-8-4-5-9-25(23)27(31)33)30(17-24-14-28-19-29-24)15-20-10-12-22(13-11-20)21-6-2-1-3-7-21/h1-14,19H,15-18H2,(H,28,29). The Morgan fingerprint density at radius 1 is 0.909 bits per heavy atom. The molecule has 3 aromatic carbocycles. The van der Waals surface area contributed by atoms with Crippen LogP contribution in [0.2, 0.25) is 0 Å². The molecule has 33 heavy (non-hydrogen) atoms. The Kier molecular flexibility index (Phi) is 5.72. The molecule has 6 heteroatoms. The zero-order valence-corrected chi connectivity index (χ0v) is 18.1. The molecule has 0 fully saturated rings. The highest BCUT2D eigenvalue weighted by Gasteiger charge is 2.29. The zero-order chi connectivity index (χ0) is 22.6. The lowest BCUT2D eigenvalue weighted by atomic mass is 10.0. The van der Waals surface area contributed by atoms with Crippen LogP contribution in [0.15, 0.2) is 91.4 Å². The van der Waals surface area contributed by atoms with Crippen LogP contribution >= 0.6 is 0 Å². The van der Waals surface area contributed by atoms with Crippen LogP contribution in [0.3, 0.4) is 0 Å². The van der Waals surface area contributed by atoms with Gasteiger partial charge in [-0.2, -0.15) is 0 Å². The van der Waals surface area contributed by atoms with Crippen molar-refractivity contribution in [3.63, 3.8) is 0 Å². The van der Waals surface area contributed by atoms with E-state index in [0.29, 0.717) is 25.2 Å². The van der Waals surface area contributed by atoms with Crippen LogP contribution in [-0.4, -0.2) is 38.1 Å². The zero-order valence-electron chi connectivity index (χ0n) is 18.1. The van der Waals surface area contributed by atoms with Crippen molar-refractivity contribution >= 4 is 11.8 Å². The molecule has 1 aliphatic rings. The Bertz CT molecular complexity index is 1250. The molecule has 2 heterocycles. The summed E-state index contributed by atoms with van der Waals surface area (Å²) in [7, 11) is 0. The Labute approximate surface area is 192 Å². The molecule has 2 amide bonds. The van der Waals surface area contributed by atoms with E-state index < -0.39 is 0 Å². The maximum atomic E-state index is 13.3. The number of imidazole rings is 1. The van der Waals surface area contributed by atoms with Crippen LogP contribution < -0.4 is 0 Å². The summed E-state index contributed by atoms with van der Waals surface area (Å²) in [5, 5.41) is 0. The molecule has 0 atom stereocenters. The Morgan fingerprint density at radius 3 is 2.36 bits per heavy atom. The van der Waals surface area contributed by atoms with E-state index in [1.54, 1.807) is 22.3 Å². The average Bonchev–Trinajstić information content (AvgIpc) is 3.48. The highest BCUT2D eigenvalue weighted by molar-refractivity contribution is 6.00. The average molecular weight is 437 g/mol. The molecule has 0 unspecified atom stereocenters. The third-order valence-corrected chi connectivity index (χ3v) is 5.93. The molecule has 1 N–H and O–H groups in total. The first-order valence-corrected chi connectivity index (χ1v) is 10.9. The molecule has 0 saturated heterocycles. The van der Waals surface area contributed by atoms with Gasteiger partial charge in [-0.15, -0.1) is 0 Å². The highest BCUT2D eigenvalue weighted by Crippen LogP contribution is 2.23. The second-order valence-electron chi connectivity index (χ2n) is 8.21. The number of aromatic amines is 1. The van der Waals surface area contributed by atoms with E-state index in [1.165, 1.54) is 0 Å². The van der Waals surface area contributed by atoms with E-state index in [9.17, 15) is 9.59 Å². The van der Waals surface area contributed by atoms with Gasteiger partial charge >= 0.3 is 0 Å². The fourth-order valence-corrected chi connectivity index (χ4v) is 4.17. The Hall–Kier alpha value is -4.19. The number of fused-ring (bicyclic) bond motifs is 1. The fraction of sp³-hybridized carbons (Fsp3) is 0.148. The second kappa shape index (κ2) is 9.12. The number of benzene rings is 3. The van der Waals surface area contributed by atoms with E-state index in [2.05, 4.69) is 34.2 Å². The molecular formula is C27H24N4O2. The minimum atomic E-state index is -0.0992. The van der Waals surface area contributed by atoms with Crippen LogP contribution in [0.5, 0.6) is 0 Å². The van der Waals surface area contributed by atoms with Gasteiger partial charge in [0.25, 0.3) is 5.91 Å². The van der Waals surface area contributed by atoms with E-state index in [4.69, 9.17) is 0 Å². The molecule has 6 nitrogen and oxygen atoms in total. The number of hydrogen-bond acceptors (Lipinski definition) is 3. The number of carbonyl (C=O) groups is 2. The monoisotopic (exact) mass is 436 g/mol. The normalized spacial score (nSPS) is 12.6. The number of nitrogens with zero attached hydrogens (tertiary/aromatic N) is 3.